The fourth-order valence-electron chi connectivity index (χ4n) is 4.76. The van der Waals surface area contributed by atoms with E-state index in [2.05, 4.69) is 41.1 Å². The van der Waals surface area contributed by atoms with Crippen LogP contribution in [0.1, 0.15) is 59.8 Å². The van der Waals surface area contributed by atoms with Gasteiger partial charge >= 0.3 is 0 Å². The van der Waals surface area contributed by atoms with Crippen LogP contribution in [0.25, 0.3) is 0 Å². The number of hydrogen-bond acceptors (Lipinski definition) is 4. The zero-order valence-corrected chi connectivity index (χ0v) is 22.3. The molecule has 0 spiro atoms. The maximum Gasteiger partial charge on any atom is 0.251 e. The Labute approximate surface area is 212 Å². The lowest BCUT2D eigenvalue weighted by Gasteiger charge is -2.40. The van der Waals surface area contributed by atoms with Gasteiger partial charge in [-0.25, -0.2) is 4.98 Å². The molecule has 0 bridgehead atoms. The van der Waals surface area contributed by atoms with Crippen molar-refractivity contribution in [2.24, 2.45) is 0 Å². The number of carbonyl (C=O) groups is 1. The van der Waals surface area contributed by atoms with E-state index in [0.717, 1.165) is 36.3 Å². The molecule has 1 amide bonds. The van der Waals surface area contributed by atoms with Crippen molar-refractivity contribution in [3.8, 4) is 0 Å². The molecule has 0 atom stereocenters. The van der Waals surface area contributed by atoms with Gasteiger partial charge in [0.15, 0.2) is 0 Å². The van der Waals surface area contributed by atoms with E-state index < -0.39 is 0 Å². The van der Waals surface area contributed by atoms with Crippen molar-refractivity contribution in [2.75, 3.05) is 25.5 Å². The molecule has 3 rings (SSSR count). The summed E-state index contributed by atoms with van der Waals surface area (Å²) in [4.78, 5) is 22.1. The summed E-state index contributed by atoms with van der Waals surface area (Å²) in [6, 6.07) is 6.52. The molecule has 8 heteroatoms. The van der Waals surface area contributed by atoms with Gasteiger partial charge in [0.2, 0.25) is 0 Å². The highest BCUT2D eigenvalue weighted by Crippen LogP contribution is 2.34. The highest BCUT2D eigenvalue weighted by atomic mass is 35.5. The maximum absolute atomic E-state index is 13.1. The highest BCUT2D eigenvalue weighted by molar-refractivity contribution is 6.35. The van der Waals surface area contributed by atoms with Crippen LogP contribution in [0.2, 0.25) is 15.2 Å². The lowest BCUT2D eigenvalue weighted by Crippen LogP contribution is -2.42. The molecular weight excluding hydrogens is 479 g/mol. The Hall–Kier alpha value is -1.53. The molecular formula is C25H33Cl3N4O. The zero-order valence-electron chi connectivity index (χ0n) is 20.0. The first-order chi connectivity index (χ1) is 15.6. The van der Waals surface area contributed by atoms with E-state index in [9.17, 15) is 4.79 Å². The van der Waals surface area contributed by atoms with Gasteiger partial charge in [0.05, 0.1) is 5.02 Å². The van der Waals surface area contributed by atoms with Gasteiger partial charge in [0.1, 0.15) is 5.15 Å². The predicted octanol–water partition coefficient (Wildman–Crippen LogP) is 6.29. The number of nitrogens with zero attached hydrogens (tertiary/aromatic N) is 3. The minimum absolute atomic E-state index is 0.192. The number of amides is 1. The summed E-state index contributed by atoms with van der Waals surface area (Å²) in [5, 5.41) is 4.27. The Kier molecular flexibility index (Phi) is 8.90. The Balaban J connectivity index is 1.80. The predicted molar refractivity (Wildman–Crippen MR) is 139 cm³/mol. The van der Waals surface area contributed by atoms with Crippen molar-refractivity contribution in [2.45, 2.75) is 65.1 Å². The monoisotopic (exact) mass is 510 g/mol. The largest absolute Gasteiger partial charge is 0.369 e. The van der Waals surface area contributed by atoms with Crippen LogP contribution in [0.5, 0.6) is 0 Å². The Morgan fingerprint density at radius 3 is 2.27 bits per heavy atom. The van der Waals surface area contributed by atoms with Gasteiger partial charge in [0, 0.05) is 52.7 Å². The third-order valence-corrected chi connectivity index (χ3v) is 7.52. The molecule has 5 nitrogen and oxygen atoms in total. The summed E-state index contributed by atoms with van der Waals surface area (Å²) in [7, 11) is 4.31. The quantitative estimate of drug-likeness (QED) is 0.444. The van der Waals surface area contributed by atoms with E-state index in [1.54, 1.807) is 12.1 Å². The fraction of sp³-hybridized carbons (Fsp3) is 0.520. The smallest absolute Gasteiger partial charge is 0.251 e. The van der Waals surface area contributed by atoms with Gasteiger partial charge in [-0.2, -0.15) is 0 Å². The lowest BCUT2D eigenvalue weighted by molar-refractivity contribution is 0.0950. The average molecular weight is 512 g/mol. The number of aryl methyl sites for hydroxylation is 1. The Morgan fingerprint density at radius 1 is 1.06 bits per heavy atom. The van der Waals surface area contributed by atoms with Crippen LogP contribution < -0.4 is 10.2 Å². The molecule has 1 aromatic carbocycles. The van der Waals surface area contributed by atoms with Crippen molar-refractivity contribution >= 4 is 46.4 Å². The topological polar surface area (TPSA) is 48.5 Å². The van der Waals surface area contributed by atoms with E-state index in [0.29, 0.717) is 38.4 Å². The van der Waals surface area contributed by atoms with Gasteiger partial charge in [-0.1, -0.05) is 34.8 Å². The first-order valence-corrected chi connectivity index (χ1v) is 12.6. The SMILES string of the molecule is CCN(c1cc(Cl)cc(C(=O)NCc2c(Cl)cc(C)nc2Cl)c1C)[C@H]1CC[C@H](N(C)C)CC1. The van der Waals surface area contributed by atoms with Crippen LogP contribution in [0.3, 0.4) is 0 Å². The molecule has 1 aliphatic rings. The number of benzene rings is 1. The normalized spacial score (nSPS) is 18.5. The second-order valence-corrected chi connectivity index (χ2v) is 10.2. The number of aromatic nitrogens is 1. The molecule has 33 heavy (non-hydrogen) atoms. The van der Waals surface area contributed by atoms with E-state index in [1.165, 1.54) is 12.8 Å². The van der Waals surface area contributed by atoms with Crippen LogP contribution >= 0.6 is 34.8 Å². The van der Waals surface area contributed by atoms with Crippen LogP contribution in [0.15, 0.2) is 18.2 Å². The summed E-state index contributed by atoms with van der Waals surface area (Å²) >= 11 is 19.1. The van der Waals surface area contributed by atoms with E-state index in [1.807, 2.05) is 19.9 Å². The third-order valence-electron chi connectivity index (χ3n) is 6.65. The van der Waals surface area contributed by atoms with Crippen molar-refractivity contribution in [1.82, 2.24) is 15.2 Å². The van der Waals surface area contributed by atoms with E-state index in [-0.39, 0.29) is 12.5 Å². The summed E-state index contributed by atoms with van der Waals surface area (Å²) in [6.07, 6.45) is 4.60. The number of carbonyl (C=O) groups excluding carboxylic acids is 1. The van der Waals surface area contributed by atoms with Gasteiger partial charge in [-0.15, -0.1) is 0 Å². The minimum Gasteiger partial charge on any atom is -0.369 e. The van der Waals surface area contributed by atoms with Gasteiger partial charge in [-0.3, -0.25) is 4.79 Å². The van der Waals surface area contributed by atoms with Crippen LogP contribution in [0.4, 0.5) is 5.69 Å². The molecule has 180 valence electrons. The lowest BCUT2D eigenvalue weighted by atomic mass is 9.89. The van der Waals surface area contributed by atoms with E-state index in [4.69, 9.17) is 34.8 Å². The minimum atomic E-state index is -0.212. The third kappa shape index (κ3) is 6.13. The number of pyridine rings is 1. The molecule has 0 aliphatic heterocycles. The molecule has 2 aromatic rings. The second kappa shape index (κ2) is 11.3. The number of anilines is 1. The summed E-state index contributed by atoms with van der Waals surface area (Å²) in [5.41, 5.74) is 3.84. The van der Waals surface area contributed by atoms with Crippen molar-refractivity contribution < 1.29 is 4.79 Å². The molecule has 0 radical (unpaired) electrons. The number of halogens is 3. The average Bonchev–Trinajstić information content (AvgIpc) is 2.75. The second-order valence-electron chi connectivity index (χ2n) is 9.01. The molecule has 0 saturated heterocycles. The van der Waals surface area contributed by atoms with Crippen molar-refractivity contribution in [1.29, 1.82) is 0 Å². The first kappa shape index (κ1) is 26.1. The fourth-order valence-corrected chi connectivity index (χ4v) is 5.63. The maximum atomic E-state index is 13.1. The first-order valence-electron chi connectivity index (χ1n) is 11.4. The van der Waals surface area contributed by atoms with Crippen molar-refractivity contribution in [3.63, 3.8) is 0 Å². The van der Waals surface area contributed by atoms with Gasteiger partial charge in [0.25, 0.3) is 5.91 Å². The summed E-state index contributed by atoms with van der Waals surface area (Å²) in [6.45, 7) is 7.02. The van der Waals surface area contributed by atoms with Crippen LogP contribution in [-0.4, -0.2) is 48.5 Å². The standard InChI is InChI=1S/C25H33Cl3N4O/c1-6-32(19-9-7-18(8-10-19)31(4)5)23-13-17(26)12-20(16(23)3)25(33)29-14-21-22(27)11-15(2)30-24(21)28/h11-13,18-19H,6-10,14H2,1-5H3,(H,29,33)/t18-,19-. The van der Waals surface area contributed by atoms with Crippen LogP contribution in [-0.2, 0) is 6.54 Å². The Morgan fingerprint density at radius 2 is 1.70 bits per heavy atom. The summed E-state index contributed by atoms with van der Waals surface area (Å²) in [5.74, 6) is -0.212. The summed E-state index contributed by atoms with van der Waals surface area (Å²) < 4.78 is 0. The van der Waals surface area contributed by atoms with E-state index >= 15 is 0 Å². The van der Waals surface area contributed by atoms with Gasteiger partial charge in [-0.05, 0) is 84.3 Å². The number of rotatable bonds is 7. The number of nitrogens with one attached hydrogen (secondary N) is 1. The molecule has 1 aliphatic carbocycles. The molecule has 1 N–H and O–H groups in total. The molecule has 1 saturated carbocycles. The van der Waals surface area contributed by atoms with Crippen molar-refractivity contribution in [3.05, 3.63) is 55.8 Å². The number of hydrogen-bond donors (Lipinski definition) is 1. The Bertz CT molecular complexity index is 980. The molecule has 1 fully saturated rings. The highest BCUT2D eigenvalue weighted by Gasteiger charge is 2.28. The molecule has 1 heterocycles. The molecule has 1 aromatic heterocycles. The van der Waals surface area contributed by atoms with Gasteiger partial charge < -0.3 is 15.1 Å². The zero-order chi connectivity index (χ0) is 24.3. The molecule has 0 unspecified atom stereocenters. The van der Waals surface area contributed by atoms with Crippen LogP contribution in [0, 0.1) is 13.8 Å².